The molecule has 3 fully saturated rings. The van der Waals surface area contributed by atoms with Crippen LogP contribution in [0.2, 0.25) is 0 Å². The molecule has 6 heteroatoms. The zero-order valence-electron chi connectivity index (χ0n) is 28.1. The van der Waals surface area contributed by atoms with Gasteiger partial charge in [-0.25, -0.2) is 0 Å². The molecule has 4 rings (SSSR count). The van der Waals surface area contributed by atoms with Gasteiger partial charge in [-0.05, 0) is 130 Å². The Morgan fingerprint density at radius 2 is 1.05 bits per heavy atom. The van der Waals surface area contributed by atoms with Crippen LogP contribution in [0.3, 0.4) is 0 Å². The second kappa shape index (κ2) is 14.6. The van der Waals surface area contributed by atoms with Crippen molar-refractivity contribution < 1.29 is 14.4 Å². The maximum Gasteiger partial charge on any atom is 0.251 e. The van der Waals surface area contributed by atoms with Crippen molar-refractivity contribution >= 4 is 29.1 Å². The molecule has 0 radical (unpaired) electrons. The largest absolute Gasteiger partial charge is 0.349 e. The van der Waals surface area contributed by atoms with Gasteiger partial charge in [0.2, 0.25) is 11.8 Å². The van der Waals surface area contributed by atoms with E-state index >= 15 is 0 Å². The topological polar surface area (TPSA) is 87.3 Å². The minimum absolute atomic E-state index is 0.0142. The van der Waals surface area contributed by atoms with Gasteiger partial charge in [0.25, 0.3) is 5.91 Å². The lowest BCUT2D eigenvalue weighted by Crippen LogP contribution is -2.39. The Bertz CT molecular complexity index is 1040. The molecule has 3 amide bonds. The molecule has 3 N–H and O–H groups in total. The first-order valence-electron chi connectivity index (χ1n) is 17.4. The summed E-state index contributed by atoms with van der Waals surface area (Å²) in [5.41, 5.74) is 1.94. The summed E-state index contributed by atoms with van der Waals surface area (Å²) in [5, 5.41) is 9.50. The molecule has 0 unspecified atom stereocenters. The third-order valence-corrected chi connectivity index (χ3v) is 11.2. The fourth-order valence-electron chi connectivity index (χ4n) is 7.86. The zero-order chi connectivity index (χ0) is 31.3. The van der Waals surface area contributed by atoms with Crippen LogP contribution in [0.5, 0.6) is 0 Å². The Labute approximate surface area is 261 Å². The molecule has 3 aliphatic rings. The molecule has 3 aliphatic carbocycles. The first kappa shape index (κ1) is 33.5. The van der Waals surface area contributed by atoms with Gasteiger partial charge in [-0.3, -0.25) is 14.4 Å². The van der Waals surface area contributed by atoms with Crippen molar-refractivity contribution in [2.24, 2.45) is 46.8 Å². The van der Waals surface area contributed by atoms with Crippen molar-refractivity contribution in [3.05, 3.63) is 23.8 Å². The van der Waals surface area contributed by atoms with Crippen LogP contribution in [0.15, 0.2) is 18.2 Å². The maximum atomic E-state index is 13.5. The number of amides is 3. The predicted octanol–water partition coefficient (Wildman–Crippen LogP) is 8.82. The maximum absolute atomic E-state index is 13.5. The molecular formula is C37H59N3O3. The van der Waals surface area contributed by atoms with Gasteiger partial charge in [-0.1, -0.05) is 48.5 Å². The summed E-state index contributed by atoms with van der Waals surface area (Å²) in [7, 11) is 0. The van der Waals surface area contributed by atoms with Crippen molar-refractivity contribution in [3.8, 4) is 0 Å². The van der Waals surface area contributed by atoms with Gasteiger partial charge in [0, 0.05) is 34.8 Å². The summed E-state index contributed by atoms with van der Waals surface area (Å²) in [4.78, 5) is 40.2. The quantitative estimate of drug-likeness (QED) is 0.281. The monoisotopic (exact) mass is 593 g/mol. The van der Waals surface area contributed by atoms with Crippen LogP contribution < -0.4 is 16.0 Å². The number of rotatable bonds is 8. The molecule has 0 saturated heterocycles. The van der Waals surface area contributed by atoms with E-state index in [2.05, 4.69) is 64.4 Å². The lowest BCUT2D eigenvalue weighted by molar-refractivity contribution is -0.121. The zero-order valence-corrected chi connectivity index (χ0v) is 28.1. The highest BCUT2D eigenvalue weighted by atomic mass is 16.2. The second-order valence-electron chi connectivity index (χ2n) is 15.9. The molecule has 1 aromatic rings. The Morgan fingerprint density at radius 3 is 1.42 bits per heavy atom. The number of nitrogens with one attached hydrogen (secondary N) is 3. The molecule has 1 aromatic carbocycles. The summed E-state index contributed by atoms with van der Waals surface area (Å²) >= 11 is 0. The van der Waals surface area contributed by atoms with Crippen molar-refractivity contribution in [2.45, 2.75) is 132 Å². The molecule has 0 aromatic heterocycles. The van der Waals surface area contributed by atoms with Crippen LogP contribution in [0.1, 0.15) is 136 Å². The van der Waals surface area contributed by atoms with Crippen LogP contribution in [0.4, 0.5) is 11.4 Å². The number of carbonyl (C=O) groups excluding carboxylic acids is 3. The minimum atomic E-state index is -0.138. The van der Waals surface area contributed by atoms with Crippen LogP contribution in [0, 0.1) is 46.8 Å². The van der Waals surface area contributed by atoms with Gasteiger partial charge < -0.3 is 16.0 Å². The summed E-state index contributed by atoms with van der Waals surface area (Å²) in [6.07, 6.45) is 12.1. The van der Waals surface area contributed by atoms with Gasteiger partial charge in [0.05, 0.1) is 0 Å². The van der Waals surface area contributed by atoms with Gasteiger partial charge in [0.1, 0.15) is 0 Å². The third-order valence-electron chi connectivity index (χ3n) is 11.2. The number of anilines is 2. The van der Waals surface area contributed by atoms with E-state index in [1.807, 2.05) is 6.07 Å². The van der Waals surface area contributed by atoms with Crippen LogP contribution >= 0.6 is 0 Å². The smallest absolute Gasteiger partial charge is 0.251 e. The van der Waals surface area contributed by atoms with Gasteiger partial charge in [-0.2, -0.15) is 0 Å². The van der Waals surface area contributed by atoms with Crippen molar-refractivity contribution in [1.29, 1.82) is 0 Å². The average molecular weight is 594 g/mol. The summed E-state index contributed by atoms with van der Waals surface area (Å²) in [6.45, 7) is 16.0. The van der Waals surface area contributed by atoms with E-state index in [1.54, 1.807) is 12.1 Å². The van der Waals surface area contributed by atoms with Crippen LogP contribution in [-0.4, -0.2) is 23.8 Å². The van der Waals surface area contributed by atoms with E-state index < -0.39 is 0 Å². The Morgan fingerprint density at radius 1 is 0.628 bits per heavy atom. The SMILES string of the molecule is CC(C)C1CCC(C(=O)Nc2cc(NC(=O)C3CCC(C(C)C)CC3)cc(C(=O)N[C@H]3CC[C@@H](C(C)(C)C)CC3)c2)CC1. The molecule has 0 bridgehead atoms. The third kappa shape index (κ3) is 9.31. The fourth-order valence-corrected chi connectivity index (χ4v) is 7.86. The van der Waals surface area contributed by atoms with Gasteiger partial charge in [-0.15, -0.1) is 0 Å². The second-order valence-corrected chi connectivity index (χ2v) is 15.9. The highest BCUT2D eigenvalue weighted by Crippen LogP contribution is 2.38. The molecule has 0 spiro atoms. The molecular weight excluding hydrogens is 534 g/mol. The molecule has 0 heterocycles. The molecule has 0 aliphatic heterocycles. The fraction of sp³-hybridized carbons (Fsp3) is 0.757. The van der Waals surface area contributed by atoms with Crippen molar-refractivity contribution in [1.82, 2.24) is 5.32 Å². The normalized spacial score (nSPS) is 28.4. The summed E-state index contributed by atoms with van der Waals surface area (Å²) in [6, 6.07) is 5.52. The first-order chi connectivity index (χ1) is 20.3. The van der Waals surface area contributed by atoms with Crippen molar-refractivity contribution in [3.63, 3.8) is 0 Å². The Balaban J connectivity index is 1.45. The minimum Gasteiger partial charge on any atom is -0.349 e. The van der Waals surface area contributed by atoms with Crippen molar-refractivity contribution in [2.75, 3.05) is 10.6 Å². The van der Waals surface area contributed by atoms with Crippen LogP contribution in [0.25, 0.3) is 0 Å². The van der Waals surface area contributed by atoms with E-state index in [0.717, 1.165) is 77.0 Å². The number of hydrogen-bond acceptors (Lipinski definition) is 3. The van der Waals surface area contributed by atoms with E-state index in [1.165, 1.54) is 0 Å². The Hall–Kier alpha value is -2.37. The molecule has 240 valence electrons. The van der Waals surface area contributed by atoms with Crippen LogP contribution in [-0.2, 0) is 9.59 Å². The summed E-state index contributed by atoms with van der Waals surface area (Å²) in [5.74, 6) is 3.21. The predicted molar refractivity (Wildman–Crippen MR) is 177 cm³/mol. The molecule has 43 heavy (non-hydrogen) atoms. The number of benzene rings is 1. The number of hydrogen-bond donors (Lipinski definition) is 3. The number of carbonyl (C=O) groups is 3. The average Bonchev–Trinajstić information content (AvgIpc) is 2.97. The van der Waals surface area contributed by atoms with E-state index in [-0.39, 0.29) is 41.0 Å². The summed E-state index contributed by atoms with van der Waals surface area (Å²) < 4.78 is 0. The van der Waals surface area contributed by atoms with Gasteiger partial charge in [0.15, 0.2) is 0 Å². The van der Waals surface area contributed by atoms with Gasteiger partial charge >= 0.3 is 0 Å². The Kier molecular flexibility index (Phi) is 11.4. The highest BCUT2D eigenvalue weighted by Gasteiger charge is 2.32. The van der Waals surface area contributed by atoms with E-state index in [9.17, 15) is 14.4 Å². The first-order valence-corrected chi connectivity index (χ1v) is 17.4. The lowest BCUT2D eigenvalue weighted by Gasteiger charge is -2.37. The lowest BCUT2D eigenvalue weighted by atomic mass is 9.71. The molecule has 3 saturated carbocycles. The highest BCUT2D eigenvalue weighted by molar-refractivity contribution is 6.01. The molecule has 6 nitrogen and oxygen atoms in total. The standard InChI is InChI=1S/C37H59N3O3/c1-23(2)25-8-12-27(13-9-25)34(41)39-32-20-29(36(43)38-31-18-16-30(17-19-31)37(5,6)7)21-33(22-32)40-35(42)28-14-10-26(11-15-28)24(3)4/h20-28,30-31H,8-19H2,1-7H3,(H,38,43)(H,39,41)(H,40,42)/t25?,26?,27?,28?,30-,31+. The molecule has 0 atom stereocenters. The van der Waals surface area contributed by atoms with E-state index in [0.29, 0.717) is 46.5 Å². The van der Waals surface area contributed by atoms with E-state index in [4.69, 9.17) is 0 Å².